The molecular formula is C53H33IN2S. The molecule has 2 nitrogen and oxygen atoms in total. The summed E-state index contributed by atoms with van der Waals surface area (Å²) in [6.07, 6.45) is 0. The molecule has 0 saturated carbocycles. The Hall–Kier alpha value is -6.21. The van der Waals surface area contributed by atoms with Gasteiger partial charge < -0.3 is 0 Å². The number of rotatable bonds is 4. The molecule has 8 aromatic carbocycles. The molecule has 3 aliphatic rings. The molecule has 9 aromatic rings. The first kappa shape index (κ1) is 33.0. The van der Waals surface area contributed by atoms with Crippen LogP contribution in [-0.4, -0.2) is 17.7 Å². The average molecular weight is 857 g/mol. The number of benzene rings is 8. The molecule has 57 heavy (non-hydrogen) atoms. The van der Waals surface area contributed by atoms with Gasteiger partial charge in [0.15, 0.2) is 5.84 Å². The second kappa shape index (κ2) is 12.7. The Morgan fingerprint density at radius 1 is 0.421 bits per heavy atom. The fraction of sp³-hybridized carbons (Fsp3) is 0.0189. The van der Waals surface area contributed by atoms with Crippen molar-refractivity contribution in [2.75, 3.05) is 0 Å². The third-order valence-electron chi connectivity index (χ3n) is 12.0. The number of amidine groups is 1. The van der Waals surface area contributed by atoms with Gasteiger partial charge in [-0.25, -0.2) is 9.98 Å². The van der Waals surface area contributed by atoms with E-state index in [1.807, 2.05) is 11.3 Å². The Bertz CT molecular complexity index is 3280. The summed E-state index contributed by atoms with van der Waals surface area (Å²) in [4.78, 5) is 11.0. The van der Waals surface area contributed by atoms with E-state index in [1.165, 1.54) is 75.8 Å². The fourth-order valence-electron chi connectivity index (χ4n) is 9.62. The number of halogens is 1. The van der Waals surface area contributed by atoms with Crippen LogP contribution in [0.2, 0.25) is 0 Å². The molecule has 0 fully saturated rings. The minimum atomic E-state index is -2.36. The standard InChI is InChI=1S/C53H33IN2S/c1-54-50(33-16-3-2-4-17-33)55-52(41-24-15-29-48-49(41)40-23-10-14-28-47(40)57-48)56-51(54)39-22-6-5-18-35(39)34-30-31-46-42(32-34)38-21-9-13-27-45(38)53(46)43-25-11-7-19-36(43)37-20-8-12-26-44(37)53/h2-32H,1H2. The summed E-state index contributed by atoms with van der Waals surface area (Å²) < 4.78 is 9.61. The molecule has 4 heteroatoms. The van der Waals surface area contributed by atoms with E-state index in [2.05, 4.69) is 188 Å². The number of hydrogen-bond donors (Lipinski definition) is 0. The number of aliphatic imine (C=N–C) groups is 2. The zero-order valence-corrected chi connectivity index (χ0v) is 33.8. The summed E-state index contributed by atoms with van der Waals surface area (Å²) in [6.45, 7) is 0. The highest BCUT2D eigenvalue weighted by atomic mass is 127. The molecule has 0 radical (unpaired) electrons. The van der Waals surface area contributed by atoms with Crippen LogP contribution in [0.15, 0.2) is 198 Å². The number of thiophene rings is 1. The summed E-state index contributed by atoms with van der Waals surface area (Å²) in [5.74, 6) is 0.758. The van der Waals surface area contributed by atoms with Crippen LogP contribution in [-0.2, 0) is 5.41 Å². The topological polar surface area (TPSA) is 24.7 Å². The third-order valence-corrected chi connectivity index (χ3v) is 17.2. The lowest BCUT2D eigenvalue weighted by molar-refractivity contribution is 0.794. The van der Waals surface area contributed by atoms with E-state index >= 15 is 0 Å². The first-order valence-corrected chi connectivity index (χ1v) is 23.7. The highest BCUT2D eigenvalue weighted by molar-refractivity contribution is 14.2. The van der Waals surface area contributed by atoms with Crippen molar-refractivity contribution in [2.24, 2.45) is 9.98 Å². The van der Waals surface area contributed by atoms with Gasteiger partial charge in [-0.05, 0) is 73.8 Å². The first-order chi connectivity index (χ1) is 28.2. The van der Waals surface area contributed by atoms with Gasteiger partial charge in [-0.3, -0.25) is 0 Å². The van der Waals surface area contributed by atoms with Crippen LogP contribution in [0.3, 0.4) is 0 Å². The molecule has 0 bridgehead atoms. The van der Waals surface area contributed by atoms with E-state index in [0.717, 1.165) is 29.9 Å². The van der Waals surface area contributed by atoms with E-state index in [0.29, 0.717) is 0 Å². The molecule has 0 saturated heterocycles. The van der Waals surface area contributed by atoms with Gasteiger partial charge in [0.25, 0.3) is 0 Å². The van der Waals surface area contributed by atoms with Gasteiger partial charge in [-0.2, -0.15) is 0 Å². The largest absolute Gasteiger partial charge is 0.222 e. The van der Waals surface area contributed by atoms with Crippen LogP contribution < -0.4 is 0 Å². The number of fused-ring (bicyclic) bond motifs is 13. The molecular weight excluding hydrogens is 824 g/mol. The van der Waals surface area contributed by atoms with E-state index in [4.69, 9.17) is 14.5 Å². The van der Waals surface area contributed by atoms with Gasteiger partial charge in [-0.1, -0.05) is 193 Å². The molecule has 12 rings (SSSR count). The zero-order chi connectivity index (χ0) is 37.7. The molecule has 1 aromatic heterocycles. The number of hydrogen-bond acceptors (Lipinski definition) is 3. The van der Waals surface area contributed by atoms with Crippen molar-refractivity contribution >= 4 is 68.1 Å². The van der Waals surface area contributed by atoms with Crippen molar-refractivity contribution in [1.82, 2.24) is 0 Å². The lowest BCUT2D eigenvalue weighted by Gasteiger charge is -2.30. The van der Waals surface area contributed by atoms with Gasteiger partial charge in [0, 0.05) is 36.9 Å². The maximum Gasteiger partial charge on any atom is 0.162 e. The Balaban J connectivity index is 1.07. The monoisotopic (exact) mass is 856 g/mol. The molecule has 1 aliphatic heterocycles. The normalized spacial score (nSPS) is 15.0. The van der Waals surface area contributed by atoms with E-state index < -0.39 is 18.9 Å². The molecule has 2 heterocycles. The third kappa shape index (κ3) is 4.69. The second-order valence-corrected chi connectivity index (χ2v) is 20.0. The SMILES string of the molecule is C=I1=C(c2ccccc2)N=C(c2cccc3sc4ccccc4c23)N=C1c1ccccc1-c1ccc2c(c1)-c1ccccc1C21c2ccccc2-c2ccccc21. The van der Waals surface area contributed by atoms with Gasteiger partial charge >= 0.3 is 0 Å². The van der Waals surface area contributed by atoms with E-state index in [-0.39, 0.29) is 5.41 Å². The average Bonchev–Trinajstić information content (AvgIpc) is 3.91. The summed E-state index contributed by atoms with van der Waals surface area (Å²) in [5.41, 5.74) is 15.9. The van der Waals surface area contributed by atoms with E-state index in [9.17, 15) is 0 Å². The molecule has 1 spiro atoms. The molecule has 268 valence electrons. The van der Waals surface area contributed by atoms with Crippen molar-refractivity contribution in [3.05, 3.63) is 227 Å². The molecule has 2 aliphatic carbocycles. The predicted molar refractivity (Wildman–Crippen MR) is 252 cm³/mol. The second-order valence-electron chi connectivity index (χ2n) is 14.8. The van der Waals surface area contributed by atoms with Gasteiger partial charge in [0.05, 0.1) is 5.41 Å². The van der Waals surface area contributed by atoms with E-state index in [1.54, 1.807) is 0 Å². The first-order valence-electron chi connectivity index (χ1n) is 19.2. The number of nitrogens with zero attached hydrogens (tertiary/aromatic N) is 2. The van der Waals surface area contributed by atoms with Crippen LogP contribution in [0.5, 0.6) is 0 Å². The van der Waals surface area contributed by atoms with Crippen molar-refractivity contribution < 1.29 is 0 Å². The Kier molecular flexibility index (Phi) is 7.32. The lowest BCUT2D eigenvalue weighted by Crippen LogP contribution is -2.25. The Morgan fingerprint density at radius 3 is 1.68 bits per heavy atom. The molecule has 0 atom stereocenters. The Morgan fingerprint density at radius 2 is 0.965 bits per heavy atom. The van der Waals surface area contributed by atoms with Crippen molar-refractivity contribution in [1.29, 1.82) is 0 Å². The highest BCUT2D eigenvalue weighted by Gasteiger charge is 2.51. The molecule has 0 amide bonds. The minimum absolute atomic E-state index is 0.366. The zero-order valence-electron chi connectivity index (χ0n) is 30.8. The summed E-state index contributed by atoms with van der Waals surface area (Å²) >= 11 is -0.534. The van der Waals surface area contributed by atoms with Crippen molar-refractivity contribution in [2.45, 2.75) is 5.41 Å². The molecule has 0 unspecified atom stereocenters. The van der Waals surface area contributed by atoms with Crippen molar-refractivity contribution in [3.8, 4) is 33.4 Å². The summed E-state index contributed by atoms with van der Waals surface area (Å²) in [5, 5.41) is 2.46. The van der Waals surface area contributed by atoms with Crippen LogP contribution in [0.4, 0.5) is 0 Å². The lowest BCUT2D eigenvalue weighted by atomic mass is 9.70. The van der Waals surface area contributed by atoms with Crippen LogP contribution in [0.25, 0.3) is 53.6 Å². The Labute approximate surface area is 341 Å². The predicted octanol–water partition coefficient (Wildman–Crippen LogP) is 13.4. The summed E-state index contributed by atoms with van der Waals surface area (Å²) in [7, 11) is 0. The van der Waals surface area contributed by atoms with Gasteiger partial charge in [0.1, 0.15) is 7.35 Å². The van der Waals surface area contributed by atoms with Crippen LogP contribution >= 0.6 is 30.2 Å². The maximum absolute atomic E-state index is 5.58. The summed E-state index contributed by atoms with van der Waals surface area (Å²) in [6, 6.07) is 68.9. The quantitative estimate of drug-likeness (QED) is 0.158. The van der Waals surface area contributed by atoms with Gasteiger partial charge in [-0.15, -0.1) is 11.3 Å². The minimum Gasteiger partial charge on any atom is -0.222 e. The fourth-order valence-corrected chi connectivity index (χ4v) is 14.6. The maximum atomic E-state index is 5.58. The van der Waals surface area contributed by atoms with Crippen molar-refractivity contribution in [3.63, 3.8) is 0 Å². The van der Waals surface area contributed by atoms with Crippen LogP contribution in [0.1, 0.15) is 38.9 Å². The smallest absolute Gasteiger partial charge is 0.162 e. The highest BCUT2D eigenvalue weighted by Crippen LogP contribution is 2.63. The van der Waals surface area contributed by atoms with Crippen LogP contribution in [0, 0.1) is 0 Å². The van der Waals surface area contributed by atoms with Gasteiger partial charge in [0.2, 0.25) is 0 Å². The molecule has 0 N–H and O–H groups in total.